The Morgan fingerprint density at radius 3 is 2.82 bits per heavy atom. The molecule has 5 heteroatoms. The molecule has 0 aliphatic heterocycles. The minimum absolute atomic E-state index is 0.0179. The van der Waals surface area contributed by atoms with Crippen LogP contribution in [0.4, 0.5) is 10.1 Å². The summed E-state index contributed by atoms with van der Waals surface area (Å²) < 4.78 is 13.1. The Bertz CT molecular complexity index is 545. The molecule has 0 radical (unpaired) electrons. The van der Waals surface area contributed by atoms with Gasteiger partial charge in [0.2, 0.25) is 0 Å². The number of nitrogens with one attached hydrogen (secondary N) is 1. The van der Waals surface area contributed by atoms with Crippen molar-refractivity contribution in [1.29, 1.82) is 0 Å². The lowest BCUT2D eigenvalue weighted by Gasteiger charge is -2.05. The van der Waals surface area contributed by atoms with Crippen LogP contribution in [0.15, 0.2) is 42.7 Å². The first-order valence-electron chi connectivity index (χ1n) is 4.83. The summed E-state index contributed by atoms with van der Waals surface area (Å²) in [6.07, 6.45) is 3.00. The molecule has 0 bridgehead atoms. The number of aromatic nitrogens is 1. The summed E-state index contributed by atoms with van der Waals surface area (Å²) in [5.74, 6) is -0.921. The molecule has 1 aromatic carbocycles. The number of hydrogen-bond acceptors (Lipinski definition) is 2. The van der Waals surface area contributed by atoms with Crippen LogP contribution >= 0.6 is 11.6 Å². The first-order chi connectivity index (χ1) is 8.16. The molecule has 0 fully saturated rings. The van der Waals surface area contributed by atoms with E-state index in [0.717, 1.165) is 6.07 Å². The first kappa shape index (κ1) is 11.5. The number of carbonyl (C=O) groups excluding carboxylic acids is 1. The second-order valence-corrected chi connectivity index (χ2v) is 3.73. The zero-order valence-electron chi connectivity index (χ0n) is 8.65. The van der Waals surface area contributed by atoms with E-state index in [2.05, 4.69) is 10.3 Å². The summed E-state index contributed by atoms with van der Waals surface area (Å²) in [6.45, 7) is 0. The molecular weight excluding hydrogens is 243 g/mol. The fourth-order valence-electron chi connectivity index (χ4n) is 1.27. The minimum Gasteiger partial charge on any atom is -0.322 e. The van der Waals surface area contributed by atoms with Crippen molar-refractivity contribution in [2.75, 3.05) is 5.32 Å². The molecule has 1 amide bonds. The average Bonchev–Trinajstić information content (AvgIpc) is 2.35. The second-order valence-electron chi connectivity index (χ2n) is 3.32. The highest BCUT2D eigenvalue weighted by molar-refractivity contribution is 6.30. The highest BCUT2D eigenvalue weighted by Gasteiger charge is 2.07. The zero-order valence-corrected chi connectivity index (χ0v) is 9.41. The second kappa shape index (κ2) is 4.93. The number of amides is 1. The number of benzene rings is 1. The third kappa shape index (κ3) is 2.79. The van der Waals surface area contributed by atoms with Gasteiger partial charge >= 0.3 is 0 Å². The van der Waals surface area contributed by atoms with Gasteiger partial charge < -0.3 is 5.32 Å². The highest BCUT2D eigenvalue weighted by atomic mass is 35.5. The van der Waals surface area contributed by atoms with Gasteiger partial charge in [-0.1, -0.05) is 11.6 Å². The topological polar surface area (TPSA) is 42.0 Å². The van der Waals surface area contributed by atoms with Crippen LogP contribution in [0.5, 0.6) is 0 Å². The van der Waals surface area contributed by atoms with E-state index < -0.39 is 5.82 Å². The normalized spacial score (nSPS) is 10.0. The molecule has 17 heavy (non-hydrogen) atoms. The maximum absolute atomic E-state index is 13.1. The molecule has 0 saturated heterocycles. The van der Waals surface area contributed by atoms with Crippen molar-refractivity contribution in [1.82, 2.24) is 4.98 Å². The molecule has 0 aliphatic rings. The van der Waals surface area contributed by atoms with Gasteiger partial charge in [-0.15, -0.1) is 0 Å². The number of halogens is 2. The fourth-order valence-corrected chi connectivity index (χ4v) is 1.39. The summed E-state index contributed by atoms with van der Waals surface area (Å²) >= 11 is 5.54. The van der Waals surface area contributed by atoms with Gasteiger partial charge in [-0.2, -0.15) is 0 Å². The lowest BCUT2D eigenvalue weighted by Crippen LogP contribution is -2.12. The molecule has 0 saturated carbocycles. The van der Waals surface area contributed by atoms with E-state index in [0.29, 0.717) is 11.3 Å². The Morgan fingerprint density at radius 1 is 1.35 bits per heavy atom. The number of rotatable bonds is 2. The van der Waals surface area contributed by atoms with Crippen molar-refractivity contribution in [3.63, 3.8) is 0 Å². The Morgan fingerprint density at radius 2 is 2.18 bits per heavy atom. The van der Waals surface area contributed by atoms with Crippen molar-refractivity contribution in [2.24, 2.45) is 0 Å². The zero-order chi connectivity index (χ0) is 12.3. The lowest BCUT2D eigenvalue weighted by atomic mass is 10.2. The summed E-state index contributed by atoms with van der Waals surface area (Å²) in [5.41, 5.74) is 0.753. The van der Waals surface area contributed by atoms with Crippen LogP contribution in [0, 0.1) is 5.82 Å². The molecule has 86 valence electrons. The fraction of sp³-hybridized carbons (Fsp3) is 0. The van der Waals surface area contributed by atoms with E-state index >= 15 is 0 Å². The Hall–Kier alpha value is -1.94. The predicted molar refractivity (Wildman–Crippen MR) is 63.6 cm³/mol. The molecule has 2 rings (SSSR count). The highest BCUT2D eigenvalue weighted by Crippen LogP contribution is 2.19. The molecule has 0 spiro atoms. The van der Waals surface area contributed by atoms with Crippen molar-refractivity contribution < 1.29 is 9.18 Å². The molecule has 1 aromatic heterocycles. The molecule has 0 unspecified atom stereocenters. The van der Waals surface area contributed by atoms with Gasteiger partial charge in [-0.05, 0) is 30.3 Å². The SMILES string of the molecule is O=C(Nc1ccc(Cl)c(F)c1)c1cccnc1. The third-order valence-corrected chi connectivity index (χ3v) is 2.41. The summed E-state index contributed by atoms with van der Waals surface area (Å²) in [5, 5.41) is 2.57. The number of carbonyl (C=O) groups is 1. The largest absolute Gasteiger partial charge is 0.322 e. The number of hydrogen-bond donors (Lipinski definition) is 1. The lowest BCUT2D eigenvalue weighted by molar-refractivity contribution is 0.102. The first-order valence-corrected chi connectivity index (χ1v) is 5.21. The van der Waals surface area contributed by atoms with Crippen LogP contribution < -0.4 is 5.32 Å². The average molecular weight is 251 g/mol. The van der Waals surface area contributed by atoms with Crippen LogP contribution in [0.1, 0.15) is 10.4 Å². The predicted octanol–water partition coefficient (Wildman–Crippen LogP) is 3.13. The monoisotopic (exact) mass is 250 g/mol. The quantitative estimate of drug-likeness (QED) is 0.890. The van der Waals surface area contributed by atoms with E-state index in [9.17, 15) is 9.18 Å². The van der Waals surface area contributed by atoms with Crippen molar-refractivity contribution >= 4 is 23.2 Å². The molecule has 1 N–H and O–H groups in total. The van der Waals surface area contributed by atoms with Gasteiger partial charge in [0.05, 0.1) is 10.6 Å². The standard InChI is InChI=1S/C12H8ClFN2O/c13-10-4-3-9(6-11(10)14)16-12(17)8-2-1-5-15-7-8/h1-7H,(H,16,17). The summed E-state index contributed by atoms with van der Waals surface area (Å²) in [4.78, 5) is 15.5. The van der Waals surface area contributed by atoms with E-state index in [-0.39, 0.29) is 10.9 Å². The van der Waals surface area contributed by atoms with Crippen LogP contribution in [0.25, 0.3) is 0 Å². The van der Waals surface area contributed by atoms with Gasteiger partial charge in [-0.25, -0.2) is 4.39 Å². The van der Waals surface area contributed by atoms with E-state index in [1.165, 1.54) is 18.3 Å². The van der Waals surface area contributed by atoms with Crippen molar-refractivity contribution in [3.05, 3.63) is 59.1 Å². The van der Waals surface area contributed by atoms with Crippen molar-refractivity contribution in [2.45, 2.75) is 0 Å². The Labute approximate surface area is 102 Å². The Balaban J connectivity index is 2.16. The van der Waals surface area contributed by atoms with Crippen LogP contribution in [0.3, 0.4) is 0 Å². The smallest absolute Gasteiger partial charge is 0.257 e. The van der Waals surface area contributed by atoms with Crippen LogP contribution in [-0.2, 0) is 0 Å². The van der Waals surface area contributed by atoms with Gasteiger partial charge in [-0.3, -0.25) is 9.78 Å². The van der Waals surface area contributed by atoms with Crippen LogP contribution in [0.2, 0.25) is 5.02 Å². The molecule has 1 heterocycles. The van der Waals surface area contributed by atoms with Gasteiger partial charge in [0, 0.05) is 18.1 Å². The molecule has 3 nitrogen and oxygen atoms in total. The van der Waals surface area contributed by atoms with Crippen molar-refractivity contribution in [3.8, 4) is 0 Å². The molecule has 0 aliphatic carbocycles. The van der Waals surface area contributed by atoms with E-state index in [1.807, 2.05) is 0 Å². The molecule has 2 aromatic rings. The number of anilines is 1. The van der Waals surface area contributed by atoms with Crippen LogP contribution in [-0.4, -0.2) is 10.9 Å². The summed E-state index contributed by atoms with van der Waals surface area (Å²) in [7, 11) is 0. The number of pyridine rings is 1. The maximum atomic E-state index is 13.1. The Kier molecular flexibility index (Phi) is 3.35. The van der Waals surface area contributed by atoms with Gasteiger partial charge in [0.25, 0.3) is 5.91 Å². The maximum Gasteiger partial charge on any atom is 0.257 e. The minimum atomic E-state index is -0.573. The van der Waals surface area contributed by atoms with E-state index in [4.69, 9.17) is 11.6 Å². The molecular formula is C12H8ClFN2O. The van der Waals surface area contributed by atoms with Gasteiger partial charge in [0.15, 0.2) is 0 Å². The number of nitrogens with zero attached hydrogens (tertiary/aromatic N) is 1. The third-order valence-electron chi connectivity index (χ3n) is 2.10. The van der Waals surface area contributed by atoms with Gasteiger partial charge in [0.1, 0.15) is 5.82 Å². The molecule has 0 atom stereocenters. The van der Waals surface area contributed by atoms with E-state index in [1.54, 1.807) is 18.3 Å². The summed E-state index contributed by atoms with van der Waals surface area (Å²) in [6, 6.07) is 7.35.